The van der Waals surface area contributed by atoms with E-state index in [0.29, 0.717) is 6.54 Å². The fraction of sp³-hybridized carbons (Fsp3) is 0.167. The Kier molecular flexibility index (Phi) is 2.29. The molecule has 17 heavy (non-hydrogen) atoms. The standard InChI is InChI=1S/C12H12N4O/c1-17-16-9-10(8-15-7-6-13-14-15)11-4-2-3-5-12(11)16/h2-7,9H,8H2,1H3. The van der Waals surface area contributed by atoms with Crippen LogP contribution in [0.5, 0.6) is 0 Å². The molecule has 0 spiro atoms. The van der Waals surface area contributed by atoms with Gasteiger partial charge in [0.15, 0.2) is 0 Å². The lowest BCUT2D eigenvalue weighted by molar-refractivity contribution is 0.179. The maximum Gasteiger partial charge on any atom is 0.104 e. The smallest absolute Gasteiger partial charge is 0.104 e. The molecule has 5 heteroatoms. The van der Waals surface area contributed by atoms with Crippen molar-refractivity contribution in [3.05, 3.63) is 48.4 Å². The summed E-state index contributed by atoms with van der Waals surface area (Å²) in [5, 5.41) is 8.94. The third kappa shape index (κ3) is 1.65. The van der Waals surface area contributed by atoms with Gasteiger partial charge < -0.3 is 4.84 Å². The van der Waals surface area contributed by atoms with Crippen molar-refractivity contribution in [3.63, 3.8) is 0 Å². The van der Waals surface area contributed by atoms with E-state index >= 15 is 0 Å². The molecular weight excluding hydrogens is 216 g/mol. The van der Waals surface area contributed by atoms with Crippen LogP contribution in [0, 0.1) is 0 Å². The molecule has 0 radical (unpaired) electrons. The highest BCUT2D eigenvalue weighted by Gasteiger charge is 2.08. The zero-order valence-electron chi connectivity index (χ0n) is 9.45. The van der Waals surface area contributed by atoms with Crippen LogP contribution in [0.1, 0.15) is 5.56 Å². The summed E-state index contributed by atoms with van der Waals surface area (Å²) in [6.07, 6.45) is 5.50. The molecule has 0 atom stereocenters. The maximum absolute atomic E-state index is 5.30. The first-order valence-corrected chi connectivity index (χ1v) is 5.36. The Labute approximate surface area is 98.2 Å². The third-order valence-electron chi connectivity index (χ3n) is 2.76. The molecule has 0 unspecified atom stereocenters. The summed E-state index contributed by atoms with van der Waals surface area (Å²) in [4.78, 5) is 5.30. The van der Waals surface area contributed by atoms with Crippen molar-refractivity contribution < 1.29 is 4.84 Å². The molecule has 5 nitrogen and oxygen atoms in total. The van der Waals surface area contributed by atoms with Gasteiger partial charge in [0.25, 0.3) is 0 Å². The minimum Gasteiger partial charge on any atom is -0.417 e. The van der Waals surface area contributed by atoms with E-state index in [0.717, 1.165) is 11.1 Å². The highest BCUT2D eigenvalue weighted by molar-refractivity contribution is 5.83. The molecule has 0 saturated carbocycles. The summed E-state index contributed by atoms with van der Waals surface area (Å²) in [6.45, 7) is 0.691. The van der Waals surface area contributed by atoms with Crippen LogP contribution < -0.4 is 4.84 Å². The Balaban J connectivity index is 2.10. The molecule has 86 valence electrons. The Morgan fingerprint density at radius 1 is 1.29 bits per heavy atom. The first kappa shape index (κ1) is 9.89. The Morgan fingerprint density at radius 3 is 2.94 bits per heavy atom. The maximum atomic E-state index is 5.30. The van der Waals surface area contributed by atoms with E-state index in [1.165, 1.54) is 5.39 Å². The second-order valence-electron chi connectivity index (χ2n) is 3.78. The molecule has 0 aliphatic carbocycles. The first-order valence-electron chi connectivity index (χ1n) is 5.36. The summed E-state index contributed by atoms with van der Waals surface area (Å²) >= 11 is 0. The third-order valence-corrected chi connectivity index (χ3v) is 2.76. The predicted octanol–water partition coefficient (Wildman–Crippen LogP) is 1.34. The minimum atomic E-state index is 0.691. The summed E-state index contributed by atoms with van der Waals surface area (Å²) in [5.74, 6) is 0. The van der Waals surface area contributed by atoms with Crippen LogP contribution in [0.4, 0.5) is 0 Å². The van der Waals surface area contributed by atoms with Gasteiger partial charge in [-0.2, -0.15) is 4.73 Å². The van der Waals surface area contributed by atoms with Gasteiger partial charge in [0.2, 0.25) is 0 Å². The van der Waals surface area contributed by atoms with E-state index in [9.17, 15) is 0 Å². The molecular formula is C12H12N4O. The van der Waals surface area contributed by atoms with Crippen LogP contribution in [-0.2, 0) is 6.54 Å². The van der Waals surface area contributed by atoms with Crippen molar-refractivity contribution in [3.8, 4) is 0 Å². The summed E-state index contributed by atoms with van der Waals surface area (Å²) in [6, 6.07) is 8.13. The van der Waals surface area contributed by atoms with Gasteiger partial charge >= 0.3 is 0 Å². The van der Waals surface area contributed by atoms with E-state index in [-0.39, 0.29) is 0 Å². The van der Waals surface area contributed by atoms with Gasteiger partial charge in [0.05, 0.1) is 18.3 Å². The average Bonchev–Trinajstić information content (AvgIpc) is 2.98. The largest absolute Gasteiger partial charge is 0.417 e. The topological polar surface area (TPSA) is 44.9 Å². The number of rotatable bonds is 3. The van der Waals surface area contributed by atoms with Crippen molar-refractivity contribution in [2.75, 3.05) is 7.11 Å². The normalized spacial score (nSPS) is 10.9. The summed E-state index contributed by atoms with van der Waals surface area (Å²) < 4.78 is 3.56. The molecule has 0 aliphatic rings. The zero-order chi connectivity index (χ0) is 11.7. The molecule has 1 aromatic carbocycles. The lowest BCUT2D eigenvalue weighted by Gasteiger charge is -2.00. The number of para-hydroxylation sites is 1. The van der Waals surface area contributed by atoms with E-state index in [1.54, 1.807) is 22.7 Å². The summed E-state index contributed by atoms with van der Waals surface area (Å²) in [5.41, 5.74) is 2.22. The molecule has 0 fully saturated rings. The molecule has 3 aromatic rings. The number of hydrogen-bond acceptors (Lipinski definition) is 3. The van der Waals surface area contributed by atoms with Gasteiger partial charge in [-0.25, -0.2) is 4.68 Å². The van der Waals surface area contributed by atoms with E-state index < -0.39 is 0 Å². The molecule has 2 aromatic heterocycles. The highest BCUT2D eigenvalue weighted by atomic mass is 16.6. The van der Waals surface area contributed by atoms with Crippen molar-refractivity contribution in [2.24, 2.45) is 0 Å². The SMILES string of the molecule is COn1cc(Cn2ccnn2)c2ccccc21. The number of aromatic nitrogens is 4. The first-order chi connectivity index (χ1) is 8.38. The van der Waals surface area contributed by atoms with Crippen LogP contribution >= 0.6 is 0 Å². The lowest BCUT2D eigenvalue weighted by atomic mass is 10.2. The van der Waals surface area contributed by atoms with Gasteiger partial charge in [0.1, 0.15) is 7.11 Å². The molecule has 0 aliphatic heterocycles. The van der Waals surface area contributed by atoms with E-state index in [2.05, 4.69) is 16.4 Å². The van der Waals surface area contributed by atoms with Gasteiger partial charge in [-0.05, 0) is 6.07 Å². The molecule has 0 N–H and O–H groups in total. The average molecular weight is 228 g/mol. The fourth-order valence-corrected chi connectivity index (χ4v) is 1.99. The van der Waals surface area contributed by atoms with E-state index in [1.807, 2.05) is 30.6 Å². The second kappa shape index (κ2) is 3.93. The van der Waals surface area contributed by atoms with Gasteiger partial charge in [-0.3, -0.25) is 0 Å². The lowest BCUT2D eigenvalue weighted by Crippen LogP contribution is -2.03. The van der Waals surface area contributed by atoms with E-state index in [4.69, 9.17) is 4.84 Å². The molecule has 3 rings (SSSR count). The van der Waals surface area contributed by atoms with Gasteiger partial charge in [-0.15, -0.1) is 5.10 Å². The van der Waals surface area contributed by atoms with Crippen molar-refractivity contribution in [1.82, 2.24) is 19.7 Å². The Hall–Kier alpha value is -2.30. The van der Waals surface area contributed by atoms with Crippen LogP contribution in [0.15, 0.2) is 42.9 Å². The van der Waals surface area contributed by atoms with Crippen molar-refractivity contribution in [2.45, 2.75) is 6.54 Å². The van der Waals surface area contributed by atoms with Crippen LogP contribution in [0.25, 0.3) is 10.9 Å². The predicted molar refractivity (Wildman–Crippen MR) is 63.6 cm³/mol. The number of fused-ring (bicyclic) bond motifs is 1. The minimum absolute atomic E-state index is 0.691. The quantitative estimate of drug-likeness (QED) is 0.679. The second-order valence-corrected chi connectivity index (χ2v) is 3.78. The number of benzene rings is 1. The monoisotopic (exact) mass is 228 g/mol. The van der Waals surface area contributed by atoms with Gasteiger partial charge in [-0.1, -0.05) is 23.4 Å². The molecule has 2 heterocycles. The van der Waals surface area contributed by atoms with Crippen LogP contribution in [0.3, 0.4) is 0 Å². The summed E-state index contributed by atoms with van der Waals surface area (Å²) in [7, 11) is 1.66. The number of nitrogens with zero attached hydrogens (tertiary/aromatic N) is 4. The van der Waals surface area contributed by atoms with Crippen LogP contribution in [0.2, 0.25) is 0 Å². The molecule has 0 amide bonds. The van der Waals surface area contributed by atoms with Gasteiger partial charge in [0, 0.05) is 23.3 Å². The highest BCUT2D eigenvalue weighted by Crippen LogP contribution is 2.20. The fourth-order valence-electron chi connectivity index (χ4n) is 1.99. The van der Waals surface area contributed by atoms with Crippen LogP contribution in [-0.4, -0.2) is 26.8 Å². The van der Waals surface area contributed by atoms with Crippen molar-refractivity contribution in [1.29, 1.82) is 0 Å². The Morgan fingerprint density at radius 2 is 2.18 bits per heavy atom. The number of hydrogen-bond donors (Lipinski definition) is 0. The Bertz CT molecular complexity index is 627. The molecule has 0 saturated heterocycles. The van der Waals surface area contributed by atoms with Crippen molar-refractivity contribution >= 4 is 10.9 Å². The zero-order valence-corrected chi connectivity index (χ0v) is 9.45. The molecule has 0 bridgehead atoms.